The molecule has 0 bridgehead atoms. The van der Waals surface area contributed by atoms with Crippen molar-refractivity contribution in [3.8, 4) is 11.1 Å². The number of furan rings is 1. The van der Waals surface area contributed by atoms with Crippen molar-refractivity contribution in [2.24, 2.45) is 0 Å². The fourth-order valence-corrected chi connectivity index (χ4v) is 6.47. The number of allylic oxidation sites excluding steroid dienone is 1. The molecule has 0 aliphatic heterocycles. The molecule has 0 saturated heterocycles. The van der Waals surface area contributed by atoms with E-state index in [0.29, 0.717) is 0 Å². The molecule has 0 amide bonds. The average molecular weight is 518 g/mol. The van der Waals surface area contributed by atoms with Crippen LogP contribution in [0.4, 0.5) is 17.1 Å². The molecule has 1 aliphatic carbocycles. The number of anilines is 3. The van der Waals surface area contributed by atoms with Gasteiger partial charge in [-0.15, -0.1) is 0 Å². The molecule has 2 heteroatoms. The van der Waals surface area contributed by atoms with E-state index in [2.05, 4.69) is 128 Å². The second-order valence-electron chi connectivity index (χ2n) is 11.0. The average Bonchev–Trinajstić information content (AvgIpc) is 3.45. The Bertz CT molecular complexity index is 1960. The van der Waals surface area contributed by atoms with Gasteiger partial charge in [-0.05, 0) is 71.0 Å². The molecule has 0 radical (unpaired) electrons. The van der Waals surface area contributed by atoms with Gasteiger partial charge in [0.05, 0.1) is 5.69 Å². The first-order chi connectivity index (χ1) is 19.5. The van der Waals surface area contributed by atoms with Gasteiger partial charge in [-0.1, -0.05) is 99.3 Å². The van der Waals surface area contributed by atoms with Crippen molar-refractivity contribution in [3.63, 3.8) is 0 Å². The van der Waals surface area contributed by atoms with Crippen molar-refractivity contribution < 1.29 is 4.42 Å². The quantitative estimate of drug-likeness (QED) is 0.226. The van der Waals surface area contributed by atoms with Crippen molar-refractivity contribution >= 4 is 51.0 Å². The normalized spacial score (nSPS) is 13.6. The molecule has 5 aromatic carbocycles. The zero-order valence-electron chi connectivity index (χ0n) is 23.1. The van der Waals surface area contributed by atoms with E-state index in [4.69, 9.17) is 4.42 Å². The van der Waals surface area contributed by atoms with Gasteiger partial charge in [0.2, 0.25) is 0 Å². The number of nitrogens with zero attached hydrogens (tertiary/aromatic N) is 1. The second-order valence-corrected chi connectivity index (χ2v) is 11.0. The van der Waals surface area contributed by atoms with E-state index in [-0.39, 0.29) is 5.41 Å². The molecule has 0 atom stereocenters. The third kappa shape index (κ3) is 3.49. The highest BCUT2D eigenvalue weighted by molar-refractivity contribution is 6.10. The third-order valence-corrected chi connectivity index (χ3v) is 8.34. The molecule has 194 valence electrons. The van der Waals surface area contributed by atoms with Crippen molar-refractivity contribution in [3.05, 3.63) is 138 Å². The van der Waals surface area contributed by atoms with Crippen molar-refractivity contribution in [1.82, 2.24) is 0 Å². The molecule has 6 aromatic rings. The zero-order chi connectivity index (χ0) is 27.4. The highest BCUT2D eigenvalue weighted by Crippen LogP contribution is 2.54. The Morgan fingerprint density at radius 3 is 2.23 bits per heavy atom. The van der Waals surface area contributed by atoms with Gasteiger partial charge in [0, 0.05) is 39.2 Å². The Hall–Kier alpha value is -4.82. The second kappa shape index (κ2) is 9.14. The van der Waals surface area contributed by atoms with Crippen LogP contribution in [0.25, 0.3) is 45.0 Å². The van der Waals surface area contributed by atoms with E-state index < -0.39 is 0 Å². The predicted octanol–water partition coefficient (Wildman–Crippen LogP) is 11.0. The van der Waals surface area contributed by atoms with Gasteiger partial charge in [-0.2, -0.15) is 0 Å². The summed E-state index contributed by atoms with van der Waals surface area (Å²) in [6.45, 7) is 10.7. The molecule has 2 nitrogen and oxygen atoms in total. The number of fused-ring (bicyclic) bond motifs is 6. The van der Waals surface area contributed by atoms with Gasteiger partial charge in [-0.3, -0.25) is 0 Å². The summed E-state index contributed by atoms with van der Waals surface area (Å²) in [6, 6.07) is 37.2. The SMILES string of the molecule is C=Cc1c(/C=C\C)oc2cc(N(c3ccccc3)c3cc4c(c5ccccc35)-c3ccccc3C4(C)C)ccc12. The lowest BCUT2D eigenvalue weighted by molar-refractivity contribution is 0.603. The predicted molar refractivity (Wildman–Crippen MR) is 171 cm³/mol. The van der Waals surface area contributed by atoms with Crippen LogP contribution in [0.2, 0.25) is 0 Å². The van der Waals surface area contributed by atoms with Crippen molar-refractivity contribution in [1.29, 1.82) is 0 Å². The van der Waals surface area contributed by atoms with E-state index in [1.807, 2.05) is 25.2 Å². The van der Waals surface area contributed by atoms with Gasteiger partial charge in [-0.25, -0.2) is 0 Å². The van der Waals surface area contributed by atoms with Crippen LogP contribution in [0.3, 0.4) is 0 Å². The Labute approximate surface area is 235 Å². The van der Waals surface area contributed by atoms with Gasteiger partial charge < -0.3 is 9.32 Å². The van der Waals surface area contributed by atoms with Gasteiger partial charge >= 0.3 is 0 Å². The summed E-state index contributed by atoms with van der Waals surface area (Å²) in [5.41, 5.74) is 10.5. The Morgan fingerprint density at radius 1 is 0.725 bits per heavy atom. The van der Waals surface area contributed by atoms with Gasteiger partial charge in [0.25, 0.3) is 0 Å². The highest BCUT2D eigenvalue weighted by Gasteiger charge is 2.37. The summed E-state index contributed by atoms with van der Waals surface area (Å²) in [4.78, 5) is 2.37. The van der Waals surface area contributed by atoms with Crippen LogP contribution in [0.15, 0.2) is 120 Å². The summed E-state index contributed by atoms with van der Waals surface area (Å²) in [6.07, 6.45) is 5.88. The fraction of sp³-hybridized carbons (Fsp3) is 0.105. The zero-order valence-corrected chi connectivity index (χ0v) is 23.1. The topological polar surface area (TPSA) is 16.4 Å². The molecule has 1 aromatic heterocycles. The molecular formula is C38H31NO. The molecule has 0 fully saturated rings. The lowest BCUT2D eigenvalue weighted by Crippen LogP contribution is -2.17. The summed E-state index contributed by atoms with van der Waals surface area (Å²) in [5, 5.41) is 3.56. The first-order valence-corrected chi connectivity index (χ1v) is 13.9. The van der Waals surface area contributed by atoms with Crippen molar-refractivity contribution in [2.45, 2.75) is 26.2 Å². The molecule has 0 N–H and O–H groups in total. The molecule has 7 rings (SSSR count). The van der Waals surface area contributed by atoms with Crippen molar-refractivity contribution in [2.75, 3.05) is 4.90 Å². The molecule has 0 saturated carbocycles. The Kier molecular flexibility index (Phi) is 5.54. The van der Waals surface area contributed by atoms with Crippen LogP contribution in [0.5, 0.6) is 0 Å². The first kappa shape index (κ1) is 24.2. The first-order valence-electron chi connectivity index (χ1n) is 13.9. The molecule has 1 aliphatic rings. The third-order valence-electron chi connectivity index (χ3n) is 8.34. The Morgan fingerprint density at radius 2 is 1.45 bits per heavy atom. The maximum Gasteiger partial charge on any atom is 0.137 e. The molecule has 0 unspecified atom stereocenters. The summed E-state index contributed by atoms with van der Waals surface area (Å²) in [7, 11) is 0. The summed E-state index contributed by atoms with van der Waals surface area (Å²) >= 11 is 0. The van der Waals surface area contributed by atoms with Gasteiger partial charge in [0.1, 0.15) is 11.3 Å². The molecule has 40 heavy (non-hydrogen) atoms. The van der Waals surface area contributed by atoms with Gasteiger partial charge in [0.15, 0.2) is 0 Å². The fourth-order valence-electron chi connectivity index (χ4n) is 6.47. The standard InChI is InChI=1S/C38H31NO/c1-5-14-35-27(6-2)29-22-21-26(23-36(29)40-35)39(25-15-8-7-9-16-25)34-24-33-37(30-18-11-10-17-28(30)34)31-19-12-13-20-32(31)38(33,3)4/h5-24H,2H2,1,3-4H3/b14-5-. The van der Waals surface area contributed by atoms with Crippen LogP contribution in [0, 0.1) is 0 Å². The lowest BCUT2D eigenvalue weighted by atomic mass is 9.81. The number of hydrogen-bond donors (Lipinski definition) is 0. The number of rotatable bonds is 5. The van der Waals surface area contributed by atoms with E-state index in [9.17, 15) is 0 Å². The minimum atomic E-state index is -0.113. The molecular weight excluding hydrogens is 486 g/mol. The number of para-hydroxylation sites is 1. The smallest absolute Gasteiger partial charge is 0.137 e. The van der Waals surface area contributed by atoms with E-state index >= 15 is 0 Å². The van der Waals surface area contributed by atoms with E-state index in [0.717, 1.165) is 39.4 Å². The molecule has 0 spiro atoms. The highest BCUT2D eigenvalue weighted by atomic mass is 16.3. The minimum Gasteiger partial charge on any atom is -0.456 e. The summed E-state index contributed by atoms with van der Waals surface area (Å²) in [5.74, 6) is 0.832. The largest absolute Gasteiger partial charge is 0.456 e. The maximum absolute atomic E-state index is 6.35. The maximum atomic E-state index is 6.35. The number of hydrogen-bond acceptors (Lipinski definition) is 2. The molecule has 1 heterocycles. The summed E-state index contributed by atoms with van der Waals surface area (Å²) < 4.78 is 6.35. The van der Waals surface area contributed by atoms with Crippen LogP contribution >= 0.6 is 0 Å². The monoisotopic (exact) mass is 517 g/mol. The minimum absolute atomic E-state index is 0.113. The van der Waals surface area contributed by atoms with Crippen LogP contribution < -0.4 is 4.90 Å². The van der Waals surface area contributed by atoms with Crippen LogP contribution in [0.1, 0.15) is 43.2 Å². The number of benzene rings is 5. The Balaban J connectivity index is 1.53. The van der Waals surface area contributed by atoms with E-state index in [1.165, 1.54) is 33.0 Å². The lowest BCUT2D eigenvalue weighted by Gasteiger charge is -2.29. The van der Waals surface area contributed by atoms with Crippen LogP contribution in [-0.2, 0) is 5.41 Å². The van der Waals surface area contributed by atoms with E-state index in [1.54, 1.807) is 0 Å². The van der Waals surface area contributed by atoms with Crippen LogP contribution in [-0.4, -0.2) is 0 Å².